The normalized spacial score (nSPS) is 13.2. The van der Waals surface area contributed by atoms with Crippen molar-refractivity contribution in [2.24, 2.45) is 0 Å². The Kier molecular flexibility index (Phi) is 6.43. The molecule has 10 aromatic rings. The largest absolute Gasteiger partial charge is 0.308 e. The van der Waals surface area contributed by atoms with Crippen LogP contribution in [0, 0.1) is 0 Å². The Morgan fingerprint density at radius 3 is 1.83 bits per heavy atom. The van der Waals surface area contributed by atoms with Crippen molar-refractivity contribution in [3.05, 3.63) is 169 Å². The Balaban J connectivity index is 1.22. The van der Waals surface area contributed by atoms with Gasteiger partial charge in [0.2, 0.25) is 0 Å². The monoisotopic (exact) mass is 696 g/mol. The summed E-state index contributed by atoms with van der Waals surface area (Å²) < 4.78 is 4.93. The van der Waals surface area contributed by atoms with Crippen LogP contribution in [0.2, 0.25) is 0 Å². The van der Waals surface area contributed by atoms with Crippen molar-refractivity contribution in [1.29, 1.82) is 0 Å². The summed E-state index contributed by atoms with van der Waals surface area (Å²) in [6, 6.07) is 56.1. The SMILES string of the molecule is CC1(C)c2ccccc2-c2ccc3c(c21)c1ccccc1n3-c1ccc(-c2nc(-c3ccccc3)nc(-c3ccccc3)n2)c2c1sc1ccccc12. The molecule has 11 rings (SSSR count). The standard InChI is InChI=1S/C48H32N4S/c1-48(2)36-22-12-9-19-31(36)32-25-27-38-42(43(32)48)33-20-10-13-23-37(33)52(38)39-28-26-35(41-34-21-11-14-24-40(34)53-44(39)41)47-50-45(29-15-5-3-6-16-29)49-46(51-47)30-17-7-4-8-18-30/h3-28H,1-2H3. The van der Waals surface area contributed by atoms with Gasteiger partial charge >= 0.3 is 0 Å². The van der Waals surface area contributed by atoms with E-state index in [9.17, 15) is 0 Å². The molecule has 3 heterocycles. The number of hydrogen-bond acceptors (Lipinski definition) is 4. The van der Waals surface area contributed by atoms with E-state index < -0.39 is 0 Å². The third-order valence-corrected chi connectivity index (χ3v) is 12.2. The maximum absolute atomic E-state index is 5.18. The van der Waals surface area contributed by atoms with Crippen LogP contribution in [0.1, 0.15) is 25.0 Å². The van der Waals surface area contributed by atoms with E-state index in [0.717, 1.165) is 27.8 Å². The van der Waals surface area contributed by atoms with E-state index in [1.54, 1.807) is 0 Å². The maximum atomic E-state index is 5.18. The summed E-state index contributed by atoms with van der Waals surface area (Å²) in [6.45, 7) is 4.76. The quantitative estimate of drug-likeness (QED) is 0.184. The first kappa shape index (κ1) is 30.2. The topological polar surface area (TPSA) is 43.6 Å². The predicted molar refractivity (Wildman–Crippen MR) is 221 cm³/mol. The van der Waals surface area contributed by atoms with Gasteiger partial charge < -0.3 is 4.57 Å². The van der Waals surface area contributed by atoms with Gasteiger partial charge in [-0.3, -0.25) is 0 Å². The van der Waals surface area contributed by atoms with Gasteiger partial charge in [-0.2, -0.15) is 0 Å². The number of fused-ring (bicyclic) bond motifs is 10. The number of nitrogens with zero attached hydrogens (tertiary/aromatic N) is 4. The molecule has 0 unspecified atom stereocenters. The minimum absolute atomic E-state index is 0.136. The Bertz CT molecular complexity index is 3020. The van der Waals surface area contributed by atoms with Gasteiger partial charge in [0.25, 0.3) is 0 Å². The van der Waals surface area contributed by atoms with Crippen molar-refractivity contribution in [3.63, 3.8) is 0 Å². The molecule has 3 aromatic heterocycles. The molecule has 4 nitrogen and oxygen atoms in total. The van der Waals surface area contributed by atoms with E-state index in [1.807, 2.05) is 47.7 Å². The molecule has 0 aliphatic heterocycles. The zero-order chi connectivity index (χ0) is 35.3. The van der Waals surface area contributed by atoms with E-state index in [1.165, 1.54) is 58.8 Å². The molecule has 0 bridgehead atoms. The molecule has 250 valence electrons. The fraction of sp³-hybridized carbons (Fsp3) is 0.0625. The molecule has 0 N–H and O–H groups in total. The van der Waals surface area contributed by atoms with Crippen LogP contribution >= 0.6 is 11.3 Å². The molecule has 0 radical (unpaired) electrons. The number of benzene rings is 7. The van der Waals surface area contributed by atoms with Crippen LogP contribution < -0.4 is 0 Å². The number of thiophene rings is 1. The fourth-order valence-corrected chi connectivity index (χ4v) is 9.93. The third kappa shape index (κ3) is 4.38. The third-order valence-electron chi connectivity index (χ3n) is 11.0. The Morgan fingerprint density at radius 1 is 0.472 bits per heavy atom. The summed E-state index contributed by atoms with van der Waals surface area (Å²) in [7, 11) is 0. The molecular formula is C48H32N4S. The number of para-hydroxylation sites is 1. The summed E-state index contributed by atoms with van der Waals surface area (Å²) in [5.41, 5.74) is 11.8. The highest BCUT2D eigenvalue weighted by Crippen LogP contribution is 2.54. The van der Waals surface area contributed by atoms with E-state index in [4.69, 9.17) is 15.0 Å². The lowest BCUT2D eigenvalue weighted by molar-refractivity contribution is 0.666. The molecule has 0 spiro atoms. The van der Waals surface area contributed by atoms with E-state index in [0.29, 0.717) is 17.5 Å². The van der Waals surface area contributed by atoms with Gasteiger partial charge in [0.15, 0.2) is 17.5 Å². The van der Waals surface area contributed by atoms with Crippen molar-refractivity contribution in [2.45, 2.75) is 19.3 Å². The molecule has 53 heavy (non-hydrogen) atoms. The van der Waals surface area contributed by atoms with E-state index >= 15 is 0 Å². The van der Waals surface area contributed by atoms with Crippen LogP contribution in [0.15, 0.2) is 158 Å². The van der Waals surface area contributed by atoms with Crippen LogP contribution in [0.25, 0.3) is 93.0 Å². The summed E-state index contributed by atoms with van der Waals surface area (Å²) in [5, 5.41) is 4.96. The van der Waals surface area contributed by atoms with Crippen LogP contribution in [0.4, 0.5) is 0 Å². The Morgan fingerprint density at radius 2 is 1.08 bits per heavy atom. The number of hydrogen-bond donors (Lipinski definition) is 0. The van der Waals surface area contributed by atoms with Crippen LogP contribution in [0.5, 0.6) is 0 Å². The highest BCUT2D eigenvalue weighted by molar-refractivity contribution is 7.26. The molecule has 1 aliphatic rings. The van der Waals surface area contributed by atoms with Crippen LogP contribution in [-0.4, -0.2) is 19.5 Å². The average Bonchev–Trinajstić information content (AvgIpc) is 3.84. The maximum Gasteiger partial charge on any atom is 0.164 e. The van der Waals surface area contributed by atoms with Gasteiger partial charge in [-0.05, 0) is 52.6 Å². The van der Waals surface area contributed by atoms with Gasteiger partial charge in [0.1, 0.15) is 0 Å². The van der Waals surface area contributed by atoms with Gasteiger partial charge in [0.05, 0.1) is 21.4 Å². The second-order valence-corrected chi connectivity index (χ2v) is 15.4. The van der Waals surface area contributed by atoms with Gasteiger partial charge in [-0.25, -0.2) is 15.0 Å². The van der Waals surface area contributed by atoms with Crippen LogP contribution in [0.3, 0.4) is 0 Å². The first-order valence-corrected chi connectivity index (χ1v) is 18.9. The molecule has 0 saturated heterocycles. The lowest BCUT2D eigenvalue weighted by Crippen LogP contribution is -2.15. The first-order valence-electron chi connectivity index (χ1n) is 18.0. The molecule has 0 amide bonds. The summed E-state index contributed by atoms with van der Waals surface area (Å²) in [4.78, 5) is 15.3. The lowest BCUT2D eigenvalue weighted by Gasteiger charge is -2.22. The Hall–Kier alpha value is -6.43. The van der Waals surface area contributed by atoms with Gasteiger partial charge in [0, 0.05) is 48.4 Å². The fourth-order valence-electron chi connectivity index (χ4n) is 8.70. The Labute approximate surface area is 310 Å². The zero-order valence-corrected chi connectivity index (χ0v) is 30.0. The first-order chi connectivity index (χ1) is 26.1. The molecular weight excluding hydrogens is 665 g/mol. The van der Waals surface area contributed by atoms with Gasteiger partial charge in [-0.15, -0.1) is 11.3 Å². The lowest BCUT2D eigenvalue weighted by atomic mass is 9.80. The summed E-state index contributed by atoms with van der Waals surface area (Å²) in [6.07, 6.45) is 0. The van der Waals surface area contributed by atoms with Crippen molar-refractivity contribution < 1.29 is 0 Å². The smallest absolute Gasteiger partial charge is 0.164 e. The highest BCUT2D eigenvalue weighted by atomic mass is 32.1. The number of rotatable bonds is 4. The second kappa shape index (κ2) is 11.3. The molecule has 0 fully saturated rings. The zero-order valence-electron chi connectivity index (χ0n) is 29.2. The van der Waals surface area contributed by atoms with Crippen LogP contribution in [-0.2, 0) is 5.41 Å². The second-order valence-electron chi connectivity index (χ2n) is 14.4. The molecule has 1 aliphatic carbocycles. The number of aromatic nitrogens is 4. The van der Waals surface area contributed by atoms with Crippen molar-refractivity contribution in [2.75, 3.05) is 0 Å². The summed E-state index contributed by atoms with van der Waals surface area (Å²) >= 11 is 1.84. The van der Waals surface area contributed by atoms with Crippen molar-refractivity contribution in [1.82, 2.24) is 19.5 Å². The average molecular weight is 697 g/mol. The molecule has 0 atom stereocenters. The van der Waals surface area contributed by atoms with Crippen molar-refractivity contribution >= 4 is 53.3 Å². The van der Waals surface area contributed by atoms with Crippen molar-refractivity contribution in [3.8, 4) is 51.0 Å². The molecule has 7 aromatic carbocycles. The van der Waals surface area contributed by atoms with E-state index in [2.05, 4.69) is 140 Å². The minimum Gasteiger partial charge on any atom is -0.308 e. The predicted octanol–water partition coefficient (Wildman–Crippen LogP) is 12.6. The van der Waals surface area contributed by atoms with Gasteiger partial charge in [-0.1, -0.05) is 141 Å². The van der Waals surface area contributed by atoms with E-state index in [-0.39, 0.29) is 5.41 Å². The summed E-state index contributed by atoms with van der Waals surface area (Å²) in [5.74, 6) is 1.98. The minimum atomic E-state index is -0.136. The molecule has 5 heteroatoms. The highest BCUT2D eigenvalue weighted by Gasteiger charge is 2.38. The molecule has 0 saturated carbocycles.